The zero-order valence-corrected chi connectivity index (χ0v) is 11.6. The molecule has 0 aromatic carbocycles. The van der Waals surface area contributed by atoms with Gasteiger partial charge in [0.2, 0.25) is 0 Å². The molecule has 0 aromatic rings. The van der Waals surface area contributed by atoms with Gasteiger partial charge in [0.1, 0.15) is 6.04 Å². The summed E-state index contributed by atoms with van der Waals surface area (Å²) in [5.41, 5.74) is 0. The van der Waals surface area contributed by atoms with Crippen LogP contribution in [-0.2, 0) is 9.53 Å². The maximum absolute atomic E-state index is 12.0. The Morgan fingerprint density at radius 2 is 1.56 bits per heavy atom. The lowest BCUT2D eigenvalue weighted by molar-refractivity contribution is -0.145. The molecule has 0 radical (unpaired) electrons. The Labute approximate surface area is 111 Å². The maximum Gasteiger partial charge on any atom is 0.323 e. The lowest BCUT2D eigenvalue weighted by atomic mass is 9.96. The minimum Gasteiger partial charge on any atom is -0.468 e. The van der Waals surface area contributed by atoms with Crippen molar-refractivity contribution in [1.29, 1.82) is 0 Å². The number of hydrogen-bond donors (Lipinski definition) is 1. The van der Waals surface area contributed by atoms with Crippen LogP contribution in [0.3, 0.4) is 0 Å². The SMILES string of the molecule is COC(=O)C(NC1CCCCCC1)C1CCCC1. The van der Waals surface area contributed by atoms with E-state index >= 15 is 0 Å². The number of carbonyl (C=O) groups is 1. The highest BCUT2D eigenvalue weighted by Crippen LogP contribution is 2.29. The number of ether oxygens (including phenoxy) is 1. The lowest BCUT2D eigenvalue weighted by Crippen LogP contribution is -2.47. The van der Waals surface area contributed by atoms with E-state index in [2.05, 4.69) is 5.32 Å². The van der Waals surface area contributed by atoms with Gasteiger partial charge in [-0.2, -0.15) is 0 Å². The van der Waals surface area contributed by atoms with Gasteiger partial charge < -0.3 is 10.1 Å². The van der Waals surface area contributed by atoms with E-state index in [0.717, 1.165) is 0 Å². The van der Waals surface area contributed by atoms with Crippen LogP contribution >= 0.6 is 0 Å². The first-order valence-electron chi connectivity index (χ1n) is 7.65. The molecule has 2 rings (SSSR count). The van der Waals surface area contributed by atoms with Crippen molar-refractivity contribution in [2.75, 3.05) is 7.11 Å². The third kappa shape index (κ3) is 3.71. The van der Waals surface area contributed by atoms with E-state index in [0.29, 0.717) is 12.0 Å². The fraction of sp³-hybridized carbons (Fsp3) is 0.933. The summed E-state index contributed by atoms with van der Waals surface area (Å²) < 4.78 is 5.00. The third-order valence-corrected chi connectivity index (χ3v) is 4.60. The molecule has 104 valence electrons. The van der Waals surface area contributed by atoms with Crippen LogP contribution in [0.25, 0.3) is 0 Å². The molecule has 2 fully saturated rings. The summed E-state index contributed by atoms with van der Waals surface area (Å²) in [6.45, 7) is 0. The van der Waals surface area contributed by atoms with Gasteiger partial charge in [0.15, 0.2) is 0 Å². The van der Waals surface area contributed by atoms with Gasteiger partial charge in [0, 0.05) is 6.04 Å². The zero-order chi connectivity index (χ0) is 12.8. The van der Waals surface area contributed by atoms with Gasteiger partial charge in [-0.05, 0) is 31.6 Å². The van der Waals surface area contributed by atoms with E-state index in [1.165, 1.54) is 71.3 Å². The molecule has 0 spiro atoms. The minimum atomic E-state index is -0.0550. The van der Waals surface area contributed by atoms with Crippen LogP contribution in [-0.4, -0.2) is 25.2 Å². The van der Waals surface area contributed by atoms with Gasteiger partial charge in [-0.25, -0.2) is 0 Å². The van der Waals surface area contributed by atoms with Crippen molar-refractivity contribution in [3.63, 3.8) is 0 Å². The molecule has 0 bridgehead atoms. The van der Waals surface area contributed by atoms with Crippen LogP contribution in [0.5, 0.6) is 0 Å². The van der Waals surface area contributed by atoms with E-state index in [1.807, 2.05) is 0 Å². The second kappa shape index (κ2) is 7.13. The fourth-order valence-corrected chi connectivity index (χ4v) is 3.51. The van der Waals surface area contributed by atoms with Crippen LogP contribution in [0.1, 0.15) is 64.2 Å². The Morgan fingerprint density at radius 1 is 1.00 bits per heavy atom. The molecule has 0 aliphatic heterocycles. The average Bonchev–Trinajstić information content (AvgIpc) is 2.79. The predicted molar refractivity (Wildman–Crippen MR) is 72.4 cm³/mol. The molecule has 1 N–H and O–H groups in total. The van der Waals surface area contributed by atoms with Crippen molar-refractivity contribution in [3.8, 4) is 0 Å². The zero-order valence-electron chi connectivity index (χ0n) is 11.6. The molecular weight excluding hydrogens is 226 g/mol. The first-order chi connectivity index (χ1) is 8.81. The van der Waals surface area contributed by atoms with Gasteiger partial charge in [-0.1, -0.05) is 38.5 Å². The second-order valence-electron chi connectivity index (χ2n) is 5.90. The molecule has 0 saturated heterocycles. The smallest absolute Gasteiger partial charge is 0.323 e. The standard InChI is InChI=1S/C15H27NO2/c1-18-15(17)14(12-8-6-7-9-12)16-13-10-4-2-3-5-11-13/h12-14,16H,2-11H2,1H3. The molecule has 0 aromatic heterocycles. The van der Waals surface area contributed by atoms with E-state index < -0.39 is 0 Å². The van der Waals surface area contributed by atoms with E-state index in [1.54, 1.807) is 0 Å². The highest BCUT2D eigenvalue weighted by Gasteiger charge is 2.32. The van der Waals surface area contributed by atoms with E-state index in [9.17, 15) is 4.79 Å². The lowest BCUT2D eigenvalue weighted by Gasteiger charge is -2.27. The van der Waals surface area contributed by atoms with E-state index in [4.69, 9.17) is 4.74 Å². The third-order valence-electron chi connectivity index (χ3n) is 4.60. The van der Waals surface area contributed by atoms with Gasteiger partial charge in [0.05, 0.1) is 7.11 Å². The van der Waals surface area contributed by atoms with Crippen molar-refractivity contribution in [2.24, 2.45) is 5.92 Å². The molecule has 1 atom stereocenters. The summed E-state index contributed by atoms with van der Waals surface area (Å²) in [7, 11) is 1.51. The first kappa shape index (κ1) is 13.9. The molecule has 18 heavy (non-hydrogen) atoms. The van der Waals surface area contributed by atoms with Crippen molar-refractivity contribution < 1.29 is 9.53 Å². The summed E-state index contributed by atoms with van der Waals surface area (Å²) in [5, 5.41) is 3.61. The molecular formula is C15H27NO2. The summed E-state index contributed by atoms with van der Waals surface area (Å²) >= 11 is 0. The number of nitrogens with one attached hydrogen (secondary N) is 1. The highest BCUT2D eigenvalue weighted by atomic mass is 16.5. The molecule has 1 unspecified atom stereocenters. The normalized spacial score (nSPS) is 24.7. The number of methoxy groups -OCH3 is 1. The van der Waals surface area contributed by atoms with Crippen LogP contribution in [0.15, 0.2) is 0 Å². The van der Waals surface area contributed by atoms with Gasteiger partial charge in [-0.15, -0.1) is 0 Å². The number of esters is 1. The number of rotatable bonds is 4. The number of carbonyl (C=O) groups excluding carboxylic acids is 1. The van der Waals surface area contributed by atoms with Crippen molar-refractivity contribution >= 4 is 5.97 Å². The minimum absolute atomic E-state index is 0.0499. The quantitative estimate of drug-likeness (QED) is 0.618. The molecule has 0 heterocycles. The van der Waals surface area contributed by atoms with Crippen LogP contribution in [0.2, 0.25) is 0 Å². The van der Waals surface area contributed by atoms with Crippen molar-refractivity contribution in [2.45, 2.75) is 76.3 Å². The van der Waals surface area contributed by atoms with Crippen LogP contribution < -0.4 is 5.32 Å². The Balaban J connectivity index is 1.92. The Hall–Kier alpha value is -0.570. The summed E-state index contributed by atoms with van der Waals surface area (Å²) in [6.07, 6.45) is 12.6. The maximum atomic E-state index is 12.0. The molecule has 0 amide bonds. The Morgan fingerprint density at radius 3 is 2.11 bits per heavy atom. The van der Waals surface area contributed by atoms with Gasteiger partial charge >= 0.3 is 5.97 Å². The predicted octanol–water partition coefficient (Wildman–Crippen LogP) is 3.03. The van der Waals surface area contributed by atoms with Crippen molar-refractivity contribution in [3.05, 3.63) is 0 Å². The summed E-state index contributed by atoms with van der Waals surface area (Å²) in [6, 6.07) is 0.470. The first-order valence-corrected chi connectivity index (χ1v) is 7.65. The molecule has 3 nitrogen and oxygen atoms in total. The van der Waals surface area contributed by atoms with Crippen LogP contribution in [0, 0.1) is 5.92 Å². The van der Waals surface area contributed by atoms with Crippen molar-refractivity contribution in [1.82, 2.24) is 5.32 Å². The molecule has 2 aliphatic rings. The Kier molecular flexibility index (Phi) is 5.48. The highest BCUT2D eigenvalue weighted by molar-refractivity contribution is 5.76. The monoisotopic (exact) mass is 253 g/mol. The average molecular weight is 253 g/mol. The van der Waals surface area contributed by atoms with Gasteiger partial charge in [-0.3, -0.25) is 4.79 Å². The topological polar surface area (TPSA) is 38.3 Å². The Bertz CT molecular complexity index is 253. The molecule has 2 saturated carbocycles. The molecule has 3 heteroatoms. The summed E-state index contributed by atoms with van der Waals surface area (Å²) in [5.74, 6) is 0.451. The van der Waals surface area contributed by atoms with E-state index in [-0.39, 0.29) is 12.0 Å². The summed E-state index contributed by atoms with van der Waals surface area (Å²) in [4.78, 5) is 12.0. The van der Waals surface area contributed by atoms with Gasteiger partial charge in [0.25, 0.3) is 0 Å². The fourth-order valence-electron chi connectivity index (χ4n) is 3.51. The largest absolute Gasteiger partial charge is 0.468 e. The second-order valence-corrected chi connectivity index (χ2v) is 5.90. The molecule has 2 aliphatic carbocycles. The van der Waals surface area contributed by atoms with Crippen LogP contribution in [0.4, 0.5) is 0 Å². The number of hydrogen-bond acceptors (Lipinski definition) is 3.